The minimum atomic E-state index is -0.00108. The third kappa shape index (κ3) is 3.68. The van der Waals surface area contributed by atoms with E-state index in [1.165, 1.54) is 11.8 Å². The third-order valence-corrected chi connectivity index (χ3v) is 5.20. The topological polar surface area (TPSA) is 48.4 Å². The molecule has 4 nitrogen and oxygen atoms in total. The first kappa shape index (κ1) is 18.3. The van der Waals surface area contributed by atoms with Crippen molar-refractivity contribution in [2.75, 3.05) is 20.0 Å². The predicted molar refractivity (Wildman–Crippen MR) is 106 cm³/mol. The van der Waals surface area contributed by atoms with E-state index in [1.807, 2.05) is 12.1 Å². The molecule has 0 N–H and O–H groups in total. The molecule has 3 rings (SSSR count). The summed E-state index contributed by atoms with van der Waals surface area (Å²) < 4.78 is 10.5. The Hall–Kier alpha value is -2.53. The highest BCUT2D eigenvalue weighted by molar-refractivity contribution is 7.99. The van der Waals surface area contributed by atoms with Crippen molar-refractivity contribution in [3.05, 3.63) is 59.2 Å². The van der Waals surface area contributed by atoms with E-state index in [-0.39, 0.29) is 5.78 Å². The number of Topliss-reactive ketones (excluding diaryl/α,β-unsaturated/α-hetero) is 1. The molecule has 0 radical (unpaired) electrons. The number of rotatable bonds is 6. The van der Waals surface area contributed by atoms with Crippen LogP contribution in [0.15, 0.2) is 47.5 Å². The highest BCUT2D eigenvalue weighted by Crippen LogP contribution is 2.29. The molecule has 5 heteroatoms. The van der Waals surface area contributed by atoms with E-state index in [0.717, 1.165) is 27.1 Å². The summed E-state index contributed by atoms with van der Waals surface area (Å²) >= 11 is 1.44. The maximum absolute atomic E-state index is 12.6. The smallest absolute Gasteiger partial charge is 0.176 e. The van der Waals surface area contributed by atoms with Crippen molar-refractivity contribution in [1.29, 1.82) is 0 Å². The van der Waals surface area contributed by atoms with Gasteiger partial charge in [-0.3, -0.25) is 4.79 Å². The number of carbonyl (C=O) groups is 1. The first-order valence-corrected chi connectivity index (χ1v) is 9.27. The van der Waals surface area contributed by atoms with E-state index < -0.39 is 0 Å². The Morgan fingerprint density at radius 2 is 1.85 bits per heavy atom. The number of ketones is 1. The molecule has 1 heterocycles. The number of carbonyl (C=O) groups excluding carboxylic acids is 1. The largest absolute Gasteiger partial charge is 0.497 e. The molecule has 0 aliphatic heterocycles. The van der Waals surface area contributed by atoms with Crippen LogP contribution in [0.2, 0.25) is 0 Å². The van der Waals surface area contributed by atoms with Crippen LogP contribution in [0.4, 0.5) is 0 Å². The maximum atomic E-state index is 12.6. The number of para-hydroxylation sites is 1. The summed E-state index contributed by atoms with van der Waals surface area (Å²) in [6.07, 6.45) is 0. The Labute approximate surface area is 157 Å². The molecule has 0 fully saturated rings. The van der Waals surface area contributed by atoms with Gasteiger partial charge in [-0.1, -0.05) is 30.0 Å². The normalized spacial score (nSPS) is 10.8. The van der Waals surface area contributed by atoms with Gasteiger partial charge in [0.15, 0.2) is 5.78 Å². The summed E-state index contributed by atoms with van der Waals surface area (Å²) in [6, 6.07) is 13.4. The third-order valence-electron chi connectivity index (χ3n) is 4.28. The number of aryl methyl sites for hydroxylation is 2. The van der Waals surface area contributed by atoms with E-state index in [1.54, 1.807) is 32.4 Å². The molecule has 3 aromatic rings. The van der Waals surface area contributed by atoms with Crippen LogP contribution in [-0.4, -0.2) is 30.7 Å². The second-order valence-corrected chi connectivity index (χ2v) is 7.02. The van der Waals surface area contributed by atoms with Crippen molar-refractivity contribution < 1.29 is 14.3 Å². The van der Waals surface area contributed by atoms with Crippen LogP contribution in [0, 0.1) is 13.8 Å². The van der Waals surface area contributed by atoms with Gasteiger partial charge in [-0.15, -0.1) is 0 Å². The van der Waals surface area contributed by atoms with Gasteiger partial charge in [-0.2, -0.15) is 0 Å². The van der Waals surface area contributed by atoms with Crippen molar-refractivity contribution in [2.24, 2.45) is 0 Å². The number of hydrogen-bond acceptors (Lipinski definition) is 5. The van der Waals surface area contributed by atoms with Gasteiger partial charge in [0.1, 0.15) is 11.5 Å². The van der Waals surface area contributed by atoms with E-state index in [2.05, 4.69) is 26.0 Å². The number of ether oxygens (including phenoxy) is 2. The Kier molecular flexibility index (Phi) is 5.47. The van der Waals surface area contributed by atoms with Gasteiger partial charge >= 0.3 is 0 Å². The predicted octanol–water partition coefficient (Wildman–Crippen LogP) is 4.84. The zero-order valence-corrected chi connectivity index (χ0v) is 16.1. The minimum Gasteiger partial charge on any atom is -0.497 e. The molecular weight excluding hydrogens is 346 g/mol. The van der Waals surface area contributed by atoms with Crippen LogP contribution in [-0.2, 0) is 0 Å². The number of benzene rings is 2. The standard InChI is InChI=1S/C21H21NO3S/c1-13-6-5-7-16-14(2)10-20(22-21(13)16)26-12-18(23)17-9-8-15(24-3)11-19(17)25-4/h5-11H,12H2,1-4H3. The lowest BCUT2D eigenvalue weighted by Crippen LogP contribution is -2.05. The molecule has 0 amide bonds. The summed E-state index contributed by atoms with van der Waals surface area (Å²) in [7, 11) is 3.14. The lowest BCUT2D eigenvalue weighted by molar-refractivity contribution is 0.101. The molecule has 0 aliphatic rings. The van der Waals surface area contributed by atoms with Crippen LogP contribution < -0.4 is 9.47 Å². The number of aromatic nitrogens is 1. The molecule has 0 unspecified atom stereocenters. The number of thioether (sulfide) groups is 1. The maximum Gasteiger partial charge on any atom is 0.176 e. The lowest BCUT2D eigenvalue weighted by Gasteiger charge is -2.10. The average molecular weight is 367 g/mol. The van der Waals surface area contributed by atoms with E-state index in [9.17, 15) is 4.79 Å². The Morgan fingerprint density at radius 3 is 2.58 bits per heavy atom. The summed E-state index contributed by atoms with van der Waals surface area (Å²) in [5, 5.41) is 2.00. The number of fused-ring (bicyclic) bond motifs is 1. The van der Waals surface area contributed by atoms with Gasteiger partial charge < -0.3 is 9.47 Å². The first-order chi connectivity index (χ1) is 12.5. The number of hydrogen-bond donors (Lipinski definition) is 0. The van der Waals surface area contributed by atoms with Crippen molar-refractivity contribution >= 4 is 28.4 Å². The van der Waals surface area contributed by atoms with Gasteiger partial charge in [0.05, 0.1) is 36.1 Å². The minimum absolute atomic E-state index is 0.00108. The fraction of sp³-hybridized carbons (Fsp3) is 0.238. The van der Waals surface area contributed by atoms with E-state index >= 15 is 0 Å². The zero-order valence-electron chi connectivity index (χ0n) is 15.3. The molecule has 0 spiro atoms. The van der Waals surface area contributed by atoms with Gasteiger partial charge in [0.25, 0.3) is 0 Å². The molecular formula is C21H21NO3S. The van der Waals surface area contributed by atoms with Crippen molar-refractivity contribution in [3.8, 4) is 11.5 Å². The molecule has 0 saturated heterocycles. The summed E-state index contributed by atoms with van der Waals surface area (Å²) in [5.74, 6) is 1.48. The summed E-state index contributed by atoms with van der Waals surface area (Å²) in [6.45, 7) is 4.12. The summed E-state index contributed by atoms with van der Waals surface area (Å²) in [5.41, 5.74) is 3.84. The van der Waals surface area contributed by atoms with E-state index in [4.69, 9.17) is 14.5 Å². The number of pyridine rings is 1. The fourth-order valence-corrected chi connectivity index (χ4v) is 3.70. The second kappa shape index (κ2) is 7.79. The van der Waals surface area contributed by atoms with Gasteiger partial charge in [-0.25, -0.2) is 4.98 Å². The molecule has 0 saturated carbocycles. The SMILES string of the molecule is COc1ccc(C(=O)CSc2cc(C)c3cccc(C)c3n2)c(OC)c1. The van der Waals surface area contributed by atoms with Crippen molar-refractivity contribution in [1.82, 2.24) is 4.98 Å². The van der Waals surface area contributed by atoms with E-state index in [0.29, 0.717) is 22.8 Å². The van der Waals surface area contributed by atoms with Gasteiger partial charge in [-0.05, 0) is 43.2 Å². The second-order valence-electron chi connectivity index (χ2n) is 6.03. The molecule has 0 atom stereocenters. The molecule has 26 heavy (non-hydrogen) atoms. The molecule has 2 aromatic carbocycles. The highest BCUT2D eigenvalue weighted by Gasteiger charge is 2.15. The zero-order chi connectivity index (χ0) is 18.7. The van der Waals surface area contributed by atoms with Crippen molar-refractivity contribution in [3.63, 3.8) is 0 Å². The lowest BCUT2D eigenvalue weighted by atomic mass is 10.1. The van der Waals surface area contributed by atoms with Crippen LogP contribution in [0.5, 0.6) is 11.5 Å². The Morgan fingerprint density at radius 1 is 1.04 bits per heavy atom. The monoisotopic (exact) mass is 367 g/mol. The molecule has 134 valence electrons. The summed E-state index contributed by atoms with van der Waals surface area (Å²) in [4.78, 5) is 17.4. The molecule has 0 bridgehead atoms. The van der Waals surface area contributed by atoms with Crippen LogP contribution in [0.1, 0.15) is 21.5 Å². The van der Waals surface area contributed by atoms with Gasteiger partial charge in [0, 0.05) is 11.5 Å². The average Bonchev–Trinajstić information content (AvgIpc) is 2.66. The van der Waals surface area contributed by atoms with Crippen LogP contribution in [0.25, 0.3) is 10.9 Å². The number of methoxy groups -OCH3 is 2. The van der Waals surface area contributed by atoms with Gasteiger partial charge in [0.2, 0.25) is 0 Å². The highest BCUT2D eigenvalue weighted by atomic mass is 32.2. The fourth-order valence-electron chi connectivity index (χ4n) is 2.85. The van der Waals surface area contributed by atoms with Crippen LogP contribution in [0.3, 0.4) is 0 Å². The first-order valence-electron chi connectivity index (χ1n) is 8.28. The number of nitrogens with zero attached hydrogens (tertiary/aromatic N) is 1. The molecule has 1 aromatic heterocycles. The molecule has 0 aliphatic carbocycles. The quantitative estimate of drug-likeness (QED) is 0.461. The van der Waals surface area contributed by atoms with Crippen molar-refractivity contribution in [2.45, 2.75) is 18.9 Å². The Bertz CT molecular complexity index is 969. The van der Waals surface area contributed by atoms with Crippen LogP contribution >= 0.6 is 11.8 Å². The Balaban J connectivity index is 1.82.